The van der Waals surface area contributed by atoms with E-state index in [0.29, 0.717) is 25.9 Å². The van der Waals surface area contributed by atoms with E-state index in [0.717, 1.165) is 0 Å². The Labute approximate surface area is 127 Å². The average Bonchev–Trinajstić information content (AvgIpc) is 2.26. The zero-order valence-electron chi connectivity index (χ0n) is 12.5. The fourth-order valence-corrected chi connectivity index (χ4v) is 2.89. The van der Waals surface area contributed by atoms with Crippen LogP contribution in [0.4, 0.5) is 0 Å². The molecule has 0 saturated carbocycles. The molecule has 1 heterocycles. The monoisotopic (exact) mass is 327 g/mol. The SMILES string of the molecule is CC(C)(C)[C@H](N)C(=O)NC1CCN(S(C)(=O)=O)CC1.Cl. The van der Waals surface area contributed by atoms with Crippen molar-refractivity contribution in [1.29, 1.82) is 0 Å². The molecule has 1 fully saturated rings. The molecular weight excluding hydrogens is 302 g/mol. The molecule has 0 bridgehead atoms. The van der Waals surface area contributed by atoms with Crippen LogP contribution in [0.5, 0.6) is 0 Å². The smallest absolute Gasteiger partial charge is 0.237 e. The number of nitrogens with two attached hydrogens (primary N) is 1. The zero-order chi connectivity index (χ0) is 14.8. The standard InChI is InChI=1S/C12H25N3O3S.ClH/c1-12(2,3)10(13)11(16)14-9-5-7-15(8-6-9)19(4,17)18;/h9-10H,5-8,13H2,1-4H3,(H,14,16);1H/t10-;/m1./s1. The van der Waals surface area contributed by atoms with Gasteiger partial charge < -0.3 is 11.1 Å². The predicted molar refractivity (Wildman–Crippen MR) is 82.3 cm³/mol. The van der Waals surface area contributed by atoms with Crippen molar-refractivity contribution in [2.24, 2.45) is 11.1 Å². The number of rotatable bonds is 3. The van der Waals surface area contributed by atoms with Gasteiger partial charge in [0.2, 0.25) is 15.9 Å². The number of amides is 1. The lowest BCUT2D eigenvalue weighted by Crippen LogP contribution is -2.53. The average molecular weight is 328 g/mol. The highest BCUT2D eigenvalue weighted by Gasteiger charge is 2.31. The third-order valence-electron chi connectivity index (χ3n) is 3.48. The van der Waals surface area contributed by atoms with Gasteiger partial charge in [-0.2, -0.15) is 0 Å². The van der Waals surface area contributed by atoms with E-state index in [1.54, 1.807) is 0 Å². The van der Waals surface area contributed by atoms with E-state index in [1.165, 1.54) is 10.6 Å². The van der Waals surface area contributed by atoms with Gasteiger partial charge in [0, 0.05) is 19.1 Å². The molecule has 0 aliphatic carbocycles. The third kappa shape index (κ3) is 5.55. The predicted octanol–water partition coefficient (Wildman–Crippen LogP) is 0.322. The Morgan fingerprint density at radius 3 is 2.10 bits per heavy atom. The molecule has 1 aliphatic rings. The molecule has 20 heavy (non-hydrogen) atoms. The summed E-state index contributed by atoms with van der Waals surface area (Å²) in [6.45, 7) is 6.67. The molecule has 0 radical (unpaired) electrons. The molecule has 1 amide bonds. The summed E-state index contributed by atoms with van der Waals surface area (Å²) in [5.74, 6) is -0.162. The van der Waals surface area contributed by atoms with E-state index >= 15 is 0 Å². The number of carbonyl (C=O) groups is 1. The first kappa shape index (κ1) is 19.6. The van der Waals surface area contributed by atoms with Gasteiger partial charge in [0.05, 0.1) is 12.3 Å². The lowest BCUT2D eigenvalue weighted by atomic mass is 9.86. The summed E-state index contributed by atoms with van der Waals surface area (Å²) in [5, 5.41) is 2.91. The largest absolute Gasteiger partial charge is 0.352 e. The second-order valence-electron chi connectivity index (χ2n) is 6.29. The van der Waals surface area contributed by atoms with Crippen LogP contribution in [0, 0.1) is 5.41 Å². The summed E-state index contributed by atoms with van der Waals surface area (Å²) in [7, 11) is -3.12. The molecule has 0 aromatic rings. The minimum Gasteiger partial charge on any atom is -0.352 e. The molecule has 120 valence electrons. The minimum absolute atomic E-state index is 0. The van der Waals surface area contributed by atoms with E-state index < -0.39 is 16.1 Å². The highest BCUT2D eigenvalue weighted by atomic mass is 35.5. The van der Waals surface area contributed by atoms with Crippen LogP contribution >= 0.6 is 12.4 Å². The van der Waals surface area contributed by atoms with Crippen LogP contribution in [0.3, 0.4) is 0 Å². The van der Waals surface area contributed by atoms with Gasteiger partial charge in [0.25, 0.3) is 0 Å². The molecule has 1 rings (SSSR count). The lowest BCUT2D eigenvalue weighted by Gasteiger charge is -2.33. The highest BCUT2D eigenvalue weighted by Crippen LogP contribution is 2.18. The Morgan fingerprint density at radius 2 is 1.75 bits per heavy atom. The van der Waals surface area contributed by atoms with Gasteiger partial charge in [-0.25, -0.2) is 12.7 Å². The van der Waals surface area contributed by atoms with Gasteiger partial charge in [-0.3, -0.25) is 4.79 Å². The van der Waals surface area contributed by atoms with E-state index in [4.69, 9.17) is 5.73 Å². The number of halogens is 1. The Kier molecular flexibility index (Phi) is 6.93. The first-order valence-corrected chi connectivity index (χ1v) is 8.37. The maximum Gasteiger partial charge on any atom is 0.237 e. The molecule has 0 unspecified atom stereocenters. The molecule has 1 saturated heterocycles. The number of hydrogen-bond acceptors (Lipinski definition) is 4. The van der Waals surface area contributed by atoms with Crippen LogP contribution in [0.25, 0.3) is 0 Å². The van der Waals surface area contributed by atoms with Gasteiger partial charge in [0.15, 0.2) is 0 Å². The number of sulfonamides is 1. The Morgan fingerprint density at radius 1 is 1.30 bits per heavy atom. The van der Waals surface area contributed by atoms with Crippen molar-refractivity contribution in [3.05, 3.63) is 0 Å². The van der Waals surface area contributed by atoms with Gasteiger partial charge in [-0.1, -0.05) is 20.8 Å². The van der Waals surface area contributed by atoms with Crippen LogP contribution < -0.4 is 11.1 Å². The zero-order valence-corrected chi connectivity index (χ0v) is 14.2. The van der Waals surface area contributed by atoms with E-state index in [-0.39, 0.29) is 29.8 Å². The van der Waals surface area contributed by atoms with E-state index in [9.17, 15) is 13.2 Å². The molecule has 6 nitrogen and oxygen atoms in total. The molecule has 0 spiro atoms. The summed E-state index contributed by atoms with van der Waals surface area (Å²) in [5.41, 5.74) is 5.61. The summed E-state index contributed by atoms with van der Waals surface area (Å²) < 4.78 is 24.2. The first-order chi connectivity index (χ1) is 8.51. The fraction of sp³-hybridized carbons (Fsp3) is 0.917. The van der Waals surface area contributed by atoms with Gasteiger partial charge >= 0.3 is 0 Å². The second-order valence-corrected chi connectivity index (χ2v) is 8.27. The van der Waals surface area contributed by atoms with Crippen LogP contribution in [0.15, 0.2) is 0 Å². The molecule has 0 aromatic carbocycles. The first-order valence-electron chi connectivity index (χ1n) is 6.53. The Balaban J connectivity index is 0.00000361. The summed E-state index contributed by atoms with van der Waals surface area (Å²) in [4.78, 5) is 12.0. The van der Waals surface area contributed by atoms with Crippen molar-refractivity contribution in [2.75, 3.05) is 19.3 Å². The quantitative estimate of drug-likeness (QED) is 0.781. The molecule has 8 heteroatoms. The van der Waals surface area contributed by atoms with Crippen molar-refractivity contribution in [3.8, 4) is 0 Å². The summed E-state index contributed by atoms with van der Waals surface area (Å²) in [6.07, 6.45) is 2.48. The van der Waals surface area contributed by atoms with E-state index in [2.05, 4.69) is 5.32 Å². The topological polar surface area (TPSA) is 92.5 Å². The minimum atomic E-state index is -3.12. The molecule has 1 aliphatic heterocycles. The molecule has 3 N–H and O–H groups in total. The summed E-state index contributed by atoms with van der Waals surface area (Å²) >= 11 is 0. The molecular formula is C12H26ClN3O3S. The summed E-state index contributed by atoms with van der Waals surface area (Å²) in [6, 6.07) is -0.542. The number of nitrogens with zero attached hydrogens (tertiary/aromatic N) is 1. The normalized spacial score (nSPS) is 20.1. The number of hydrogen-bond donors (Lipinski definition) is 2. The van der Waals surface area contributed by atoms with Crippen molar-refractivity contribution < 1.29 is 13.2 Å². The Hall–Kier alpha value is -0.370. The number of piperidine rings is 1. The van der Waals surface area contributed by atoms with Crippen LogP contribution in [-0.4, -0.2) is 50.1 Å². The van der Waals surface area contributed by atoms with E-state index in [1.807, 2.05) is 20.8 Å². The van der Waals surface area contributed by atoms with Gasteiger partial charge in [-0.15, -0.1) is 12.4 Å². The van der Waals surface area contributed by atoms with Gasteiger partial charge in [-0.05, 0) is 18.3 Å². The second kappa shape index (κ2) is 7.06. The lowest BCUT2D eigenvalue weighted by molar-refractivity contribution is -0.125. The maximum absolute atomic E-state index is 12.0. The van der Waals surface area contributed by atoms with Crippen molar-refractivity contribution in [2.45, 2.75) is 45.7 Å². The van der Waals surface area contributed by atoms with Crippen LogP contribution in [0.1, 0.15) is 33.6 Å². The molecule has 0 aromatic heterocycles. The van der Waals surface area contributed by atoms with Crippen molar-refractivity contribution in [1.82, 2.24) is 9.62 Å². The van der Waals surface area contributed by atoms with Crippen molar-refractivity contribution >= 4 is 28.3 Å². The molecule has 1 atom stereocenters. The number of carbonyl (C=O) groups excluding carboxylic acids is 1. The Bertz CT molecular complexity index is 426. The third-order valence-corrected chi connectivity index (χ3v) is 4.79. The number of nitrogens with one attached hydrogen (secondary N) is 1. The highest BCUT2D eigenvalue weighted by molar-refractivity contribution is 7.88. The van der Waals surface area contributed by atoms with Crippen molar-refractivity contribution in [3.63, 3.8) is 0 Å². The fourth-order valence-electron chi connectivity index (χ4n) is 2.02. The maximum atomic E-state index is 12.0. The van der Waals surface area contributed by atoms with Gasteiger partial charge in [0.1, 0.15) is 0 Å². The van der Waals surface area contributed by atoms with Crippen LogP contribution in [-0.2, 0) is 14.8 Å². The van der Waals surface area contributed by atoms with Crippen LogP contribution in [0.2, 0.25) is 0 Å².